The molecule has 2 saturated carbocycles. The number of hydrogen-bond acceptors (Lipinski definition) is 5. The van der Waals surface area contributed by atoms with Crippen molar-refractivity contribution >= 4 is 23.6 Å². The third-order valence-electron chi connectivity index (χ3n) is 11.4. The van der Waals surface area contributed by atoms with Crippen LogP contribution in [-0.4, -0.2) is 69.3 Å². The van der Waals surface area contributed by atoms with Gasteiger partial charge in [0.2, 0.25) is 5.91 Å². The number of nitrogens with zero attached hydrogens (tertiary/aromatic N) is 2. The van der Waals surface area contributed by atoms with Gasteiger partial charge in [0.05, 0.1) is 17.1 Å². The molecule has 2 aliphatic heterocycles. The molecular formula is C38H41ClN2O4. The Morgan fingerprint density at radius 3 is 2.71 bits per heavy atom. The SMILES string of the molecule is O=C(C=Cc1cccc(Cl)c1)N(CCCc1ccccc1)[C@H]1CC[C@@]2(O)[C@H]3Cc4ccc(O)c5c4[C@@]2(CCN3CC2CC2)[C@H]1O5. The van der Waals surface area contributed by atoms with Gasteiger partial charge in [0.15, 0.2) is 11.5 Å². The normalized spacial score (nSPS) is 29.8. The van der Waals surface area contributed by atoms with E-state index >= 15 is 0 Å². The van der Waals surface area contributed by atoms with Crippen LogP contribution < -0.4 is 4.74 Å². The number of carbonyl (C=O) groups is 1. The molecule has 2 bridgehead atoms. The first kappa shape index (κ1) is 29.1. The number of halogens is 1. The number of likely N-dealkylation sites (tertiary alicyclic amines) is 1. The summed E-state index contributed by atoms with van der Waals surface area (Å²) in [6, 6.07) is 21.4. The quantitative estimate of drug-likeness (QED) is 0.279. The highest BCUT2D eigenvalue weighted by atomic mass is 35.5. The van der Waals surface area contributed by atoms with Crippen LogP contribution in [0, 0.1) is 5.92 Å². The van der Waals surface area contributed by atoms with Gasteiger partial charge in [0, 0.05) is 35.8 Å². The predicted molar refractivity (Wildman–Crippen MR) is 176 cm³/mol. The third-order valence-corrected chi connectivity index (χ3v) is 11.6. The number of aliphatic hydroxyl groups is 1. The molecule has 6 nitrogen and oxygen atoms in total. The summed E-state index contributed by atoms with van der Waals surface area (Å²) in [5.74, 6) is 1.30. The van der Waals surface area contributed by atoms with Crippen molar-refractivity contribution < 1.29 is 19.7 Å². The summed E-state index contributed by atoms with van der Waals surface area (Å²) in [4.78, 5) is 18.7. The Morgan fingerprint density at radius 1 is 1.07 bits per heavy atom. The van der Waals surface area contributed by atoms with Gasteiger partial charge in [-0.25, -0.2) is 0 Å². The number of benzene rings is 3. The minimum absolute atomic E-state index is 0.00634. The molecule has 0 unspecified atom stereocenters. The zero-order valence-electron chi connectivity index (χ0n) is 25.6. The van der Waals surface area contributed by atoms with Crippen molar-refractivity contribution in [2.45, 2.75) is 80.6 Å². The lowest BCUT2D eigenvalue weighted by Gasteiger charge is -2.65. The molecule has 3 fully saturated rings. The topological polar surface area (TPSA) is 73.2 Å². The monoisotopic (exact) mass is 624 g/mol. The van der Waals surface area contributed by atoms with E-state index in [1.807, 2.05) is 47.4 Å². The highest BCUT2D eigenvalue weighted by Crippen LogP contribution is 2.66. The van der Waals surface area contributed by atoms with Gasteiger partial charge in [-0.1, -0.05) is 60.1 Å². The van der Waals surface area contributed by atoms with E-state index in [-0.39, 0.29) is 23.7 Å². The summed E-state index contributed by atoms with van der Waals surface area (Å²) in [5.41, 5.74) is 2.62. The fraction of sp³-hybridized carbons (Fsp3) is 0.447. The number of phenolic OH excluding ortho intramolecular Hbond substituents is 1. The van der Waals surface area contributed by atoms with Gasteiger partial charge in [-0.15, -0.1) is 0 Å². The summed E-state index contributed by atoms with van der Waals surface area (Å²) in [6.07, 6.45) is 10.0. The highest BCUT2D eigenvalue weighted by molar-refractivity contribution is 6.30. The van der Waals surface area contributed by atoms with E-state index in [0.29, 0.717) is 30.2 Å². The standard InChI is InChI=1S/C38H41ClN2O4/c39-29-10-4-8-26(22-29)13-16-33(43)41(20-5-9-25-6-2-1-3-7-25)30-17-18-38(44)32-23-28-14-15-31(42)35-34(28)37(38,36(30)45-35)19-21-40(32)24-27-11-12-27/h1-4,6-8,10,13-16,22,27,30,32,36,42,44H,5,9,11-12,17-21,23-24H2/t30-,32+,36-,37-,38+/m0/s1. The summed E-state index contributed by atoms with van der Waals surface area (Å²) < 4.78 is 6.83. The second kappa shape index (κ2) is 11.2. The Balaban J connectivity index is 1.16. The van der Waals surface area contributed by atoms with Crippen molar-refractivity contribution in [3.05, 3.63) is 100 Å². The van der Waals surface area contributed by atoms with E-state index in [2.05, 4.69) is 29.2 Å². The Kier molecular flexibility index (Phi) is 7.23. The van der Waals surface area contributed by atoms with Crippen molar-refractivity contribution in [1.29, 1.82) is 0 Å². The maximum Gasteiger partial charge on any atom is 0.246 e. The maximum atomic E-state index is 14.2. The average molecular weight is 625 g/mol. The molecule has 0 radical (unpaired) electrons. The molecule has 7 heteroatoms. The summed E-state index contributed by atoms with van der Waals surface area (Å²) >= 11 is 6.23. The number of carbonyl (C=O) groups excluding carboxylic acids is 1. The van der Waals surface area contributed by atoms with E-state index in [1.54, 1.807) is 12.1 Å². The molecule has 2 heterocycles. The molecule has 1 amide bonds. The van der Waals surface area contributed by atoms with Gasteiger partial charge in [0.25, 0.3) is 0 Å². The maximum absolute atomic E-state index is 14.2. The number of rotatable bonds is 9. The zero-order chi connectivity index (χ0) is 30.8. The van der Waals surface area contributed by atoms with E-state index in [9.17, 15) is 15.0 Å². The molecule has 5 aliphatic rings. The van der Waals surface area contributed by atoms with Crippen molar-refractivity contribution in [1.82, 2.24) is 9.80 Å². The molecule has 3 aromatic rings. The van der Waals surface area contributed by atoms with E-state index < -0.39 is 17.1 Å². The van der Waals surface area contributed by atoms with Gasteiger partial charge in [-0.3, -0.25) is 9.69 Å². The van der Waals surface area contributed by atoms with Crippen molar-refractivity contribution in [3.8, 4) is 11.5 Å². The van der Waals surface area contributed by atoms with Gasteiger partial charge < -0.3 is 19.8 Å². The van der Waals surface area contributed by atoms with Crippen LogP contribution in [0.3, 0.4) is 0 Å². The Hall–Kier alpha value is -3.32. The lowest BCUT2D eigenvalue weighted by atomic mass is 9.48. The zero-order valence-corrected chi connectivity index (χ0v) is 26.3. The third kappa shape index (κ3) is 4.79. The lowest BCUT2D eigenvalue weighted by molar-refractivity contribution is -0.201. The smallest absolute Gasteiger partial charge is 0.246 e. The van der Waals surface area contributed by atoms with Gasteiger partial charge in [-0.2, -0.15) is 0 Å². The van der Waals surface area contributed by atoms with E-state index in [0.717, 1.165) is 55.8 Å². The van der Waals surface area contributed by atoms with E-state index in [4.69, 9.17) is 16.3 Å². The van der Waals surface area contributed by atoms with Gasteiger partial charge in [0.1, 0.15) is 6.10 Å². The first-order valence-electron chi connectivity index (χ1n) is 16.6. The number of hydrogen-bond donors (Lipinski definition) is 2. The second-order valence-electron chi connectivity index (χ2n) is 13.9. The van der Waals surface area contributed by atoms with Crippen LogP contribution >= 0.6 is 11.6 Å². The molecule has 8 rings (SSSR count). The van der Waals surface area contributed by atoms with Crippen molar-refractivity contribution in [2.24, 2.45) is 5.92 Å². The summed E-state index contributed by atoms with van der Waals surface area (Å²) in [5, 5.41) is 24.6. The minimum Gasteiger partial charge on any atom is -0.504 e. The number of piperidine rings is 1. The molecular weight excluding hydrogens is 584 g/mol. The van der Waals surface area contributed by atoms with Crippen LogP contribution in [0.4, 0.5) is 0 Å². The lowest BCUT2D eigenvalue weighted by Crippen LogP contribution is -2.78. The van der Waals surface area contributed by atoms with Gasteiger partial charge in [-0.05, 0) is 105 Å². The predicted octanol–water partition coefficient (Wildman–Crippen LogP) is 6.15. The number of phenols is 1. The molecule has 3 aliphatic carbocycles. The van der Waals surface area contributed by atoms with Crippen LogP contribution in [-0.2, 0) is 23.1 Å². The van der Waals surface area contributed by atoms with Crippen LogP contribution in [0.1, 0.15) is 60.8 Å². The number of aryl methyl sites for hydroxylation is 1. The summed E-state index contributed by atoms with van der Waals surface area (Å²) in [6.45, 7) is 2.50. The molecule has 1 spiro atoms. The molecule has 5 atom stereocenters. The average Bonchev–Trinajstić information content (AvgIpc) is 3.79. The number of amides is 1. The highest BCUT2D eigenvalue weighted by Gasteiger charge is 2.73. The first-order chi connectivity index (χ1) is 21.9. The fourth-order valence-corrected chi connectivity index (χ4v) is 9.38. The van der Waals surface area contributed by atoms with E-state index in [1.165, 1.54) is 24.0 Å². The van der Waals surface area contributed by atoms with Gasteiger partial charge >= 0.3 is 0 Å². The molecule has 234 valence electrons. The van der Waals surface area contributed by atoms with Crippen LogP contribution in [0.5, 0.6) is 11.5 Å². The minimum atomic E-state index is -0.983. The fourth-order valence-electron chi connectivity index (χ4n) is 9.19. The number of ether oxygens (including phenoxy) is 1. The largest absolute Gasteiger partial charge is 0.504 e. The molecule has 1 saturated heterocycles. The molecule has 3 aromatic carbocycles. The molecule has 45 heavy (non-hydrogen) atoms. The molecule has 0 aromatic heterocycles. The molecule has 2 N–H and O–H groups in total. The Bertz CT molecular complexity index is 1640. The van der Waals surface area contributed by atoms with Crippen LogP contribution in [0.15, 0.2) is 72.8 Å². The van der Waals surface area contributed by atoms with Crippen LogP contribution in [0.2, 0.25) is 5.02 Å². The first-order valence-corrected chi connectivity index (χ1v) is 17.0. The van der Waals surface area contributed by atoms with Crippen LogP contribution in [0.25, 0.3) is 6.08 Å². The van der Waals surface area contributed by atoms with Crippen molar-refractivity contribution in [2.75, 3.05) is 19.6 Å². The van der Waals surface area contributed by atoms with Crippen molar-refractivity contribution in [3.63, 3.8) is 0 Å². The number of aromatic hydroxyl groups is 1. The summed E-state index contributed by atoms with van der Waals surface area (Å²) in [7, 11) is 0. The Labute approximate surface area is 270 Å². The Morgan fingerprint density at radius 2 is 1.91 bits per heavy atom. The second-order valence-corrected chi connectivity index (χ2v) is 14.3.